The van der Waals surface area contributed by atoms with Gasteiger partial charge in [0, 0.05) is 42.3 Å². The van der Waals surface area contributed by atoms with Gasteiger partial charge in [-0.15, -0.1) is 11.3 Å². The lowest BCUT2D eigenvalue weighted by atomic mass is 9.38. The average molecular weight is 928 g/mol. The molecule has 16 rings (SSSR count). The highest BCUT2D eigenvalue weighted by atomic mass is 32.1. The Hall–Kier alpha value is -7.52. The van der Waals surface area contributed by atoms with E-state index in [1.54, 1.807) is 11.1 Å². The van der Waals surface area contributed by atoms with Crippen LogP contribution < -0.4 is 4.90 Å². The van der Waals surface area contributed by atoms with Crippen LogP contribution in [-0.4, -0.2) is 0 Å². The molecule has 0 saturated heterocycles. The van der Waals surface area contributed by atoms with Crippen molar-refractivity contribution in [2.75, 3.05) is 4.90 Å². The summed E-state index contributed by atoms with van der Waals surface area (Å²) in [7, 11) is 0. The zero-order chi connectivity index (χ0) is 46.7. The van der Waals surface area contributed by atoms with E-state index in [1.807, 2.05) is 11.3 Å². The first-order valence-electron chi connectivity index (χ1n) is 25.9. The van der Waals surface area contributed by atoms with Crippen molar-refractivity contribution in [3.05, 3.63) is 270 Å². The van der Waals surface area contributed by atoms with Crippen LogP contribution in [0.4, 0.5) is 17.1 Å². The van der Waals surface area contributed by atoms with Crippen molar-refractivity contribution in [1.82, 2.24) is 0 Å². The van der Waals surface area contributed by atoms with Gasteiger partial charge in [0.25, 0.3) is 0 Å². The summed E-state index contributed by atoms with van der Waals surface area (Å²) in [6.07, 6.45) is 6.71. The van der Waals surface area contributed by atoms with Crippen LogP contribution in [0, 0.1) is 23.7 Å². The van der Waals surface area contributed by atoms with E-state index >= 15 is 0 Å². The molecular weight excluding hydrogens is 875 g/mol. The summed E-state index contributed by atoms with van der Waals surface area (Å²) in [6.45, 7) is 0. The summed E-state index contributed by atoms with van der Waals surface area (Å²) >= 11 is 1.88. The molecule has 0 aliphatic heterocycles. The molecule has 0 amide bonds. The number of nitrogens with zero attached hydrogens (tertiary/aromatic N) is 1. The standard InChI is InChI=1S/C69H53NS/c1-3-19-49(20-4-1)68(50-21-5-2-6-22-50)60-28-12-13-29-61(60)69(51-40-45-39-46(42-51)43-52(69)41-45)63-44-54(37-38-62(63)68)70(64-30-15-18-47-17-7-8-24-56(47)64)53-35-33-48(34-36-53)55-23-9-10-25-57(55)58-27-16-32-66-67(58)59-26-11-14-31-65(59)71-66/h1-38,44-46,51-52H,39-43H2. The third-order valence-corrected chi connectivity index (χ3v) is 18.9. The fraction of sp³-hybridized carbons (Fsp3) is 0.159. The molecule has 0 N–H and O–H groups in total. The van der Waals surface area contributed by atoms with Crippen molar-refractivity contribution in [1.29, 1.82) is 0 Å². The Balaban J connectivity index is 0.962. The largest absolute Gasteiger partial charge is 0.310 e. The van der Waals surface area contributed by atoms with Crippen molar-refractivity contribution in [2.24, 2.45) is 23.7 Å². The van der Waals surface area contributed by atoms with E-state index in [0.29, 0.717) is 11.8 Å². The smallest absolute Gasteiger partial charge is 0.0707 e. The fourth-order valence-corrected chi connectivity index (χ4v) is 16.5. The maximum atomic E-state index is 2.70. The zero-order valence-corrected chi connectivity index (χ0v) is 40.5. The summed E-state index contributed by atoms with van der Waals surface area (Å²) < 4.78 is 2.66. The predicted octanol–water partition coefficient (Wildman–Crippen LogP) is 18.4. The van der Waals surface area contributed by atoms with Crippen molar-refractivity contribution in [2.45, 2.75) is 42.9 Å². The summed E-state index contributed by atoms with van der Waals surface area (Å²) in [5.74, 6) is 2.87. The van der Waals surface area contributed by atoms with Gasteiger partial charge in [-0.2, -0.15) is 0 Å². The molecule has 11 aromatic rings. The average Bonchev–Trinajstić information content (AvgIpc) is 3.83. The normalized spacial score (nSPS) is 21.4. The van der Waals surface area contributed by atoms with Crippen LogP contribution in [0.2, 0.25) is 0 Å². The van der Waals surface area contributed by atoms with E-state index < -0.39 is 5.41 Å². The van der Waals surface area contributed by atoms with Gasteiger partial charge in [0.1, 0.15) is 0 Å². The Morgan fingerprint density at radius 3 is 1.68 bits per heavy atom. The molecule has 1 aromatic heterocycles. The lowest BCUT2D eigenvalue weighted by molar-refractivity contribution is -0.0440. The van der Waals surface area contributed by atoms with Gasteiger partial charge >= 0.3 is 0 Å². The molecule has 5 aliphatic rings. The first-order valence-corrected chi connectivity index (χ1v) is 26.7. The van der Waals surface area contributed by atoms with Crippen molar-refractivity contribution in [3.8, 4) is 22.3 Å². The van der Waals surface area contributed by atoms with Gasteiger partial charge in [-0.3, -0.25) is 0 Å². The monoisotopic (exact) mass is 927 g/mol. The summed E-state index contributed by atoms with van der Waals surface area (Å²) in [6, 6.07) is 90.3. The quantitative estimate of drug-likeness (QED) is 0.154. The van der Waals surface area contributed by atoms with Gasteiger partial charge in [-0.05, 0) is 159 Å². The highest BCUT2D eigenvalue weighted by Gasteiger charge is 2.63. The molecule has 0 unspecified atom stereocenters. The molecular formula is C69H53NS. The first-order chi connectivity index (χ1) is 35.2. The molecule has 4 bridgehead atoms. The van der Waals surface area contributed by atoms with E-state index in [9.17, 15) is 0 Å². The van der Waals surface area contributed by atoms with Gasteiger partial charge in [-0.25, -0.2) is 0 Å². The maximum Gasteiger partial charge on any atom is 0.0707 e. The molecule has 4 fully saturated rings. The van der Waals surface area contributed by atoms with Gasteiger partial charge in [0.2, 0.25) is 0 Å². The second-order valence-electron chi connectivity index (χ2n) is 21.1. The number of fused-ring (bicyclic) bond motifs is 6. The SMILES string of the molecule is c1ccc(C2(c3ccccc3)c3ccccc3C3(c4cc(N(c5ccc(-c6ccccc6-c6cccc7sc8ccccc8c67)cc5)c5cccc6ccccc56)ccc42)C2CC4CC(C2)CC3C4)cc1. The molecule has 4 saturated carbocycles. The highest BCUT2D eigenvalue weighted by molar-refractivity contribution is 7.25. The van der Waals surface area contributed by atoms with Gasteiger partial charge in [-0.1, -0.05) is 194 Å². The molecule has 10 aromatic carbocycles. The van der Waals surface area contributed by atoms with Crippen molar-refractivity contribution >= 4 is 59.3 Å². The second kappa shape index (κ2) is 16.0. The predicted molar refractivity (Wildman–Crippen MR) is 299 cm³/mol. The topological polar surface area (TPSA) is 3.24 Å². The molecule has 71 heavy (non-hydrogen) atoms. The van der Waals surface area contributed by atoms with Crippen LogP contribution in [0.1, 0.15) is 65.5 Å². The number of hydrogen-bond donors (Lipinski definition) is 0. The van der Waals surface area contributed by atoms with Crippen LogP contribution in [0.15, 0.2) is 237 Å². The number of rotatable bonds is 7. The van der Waals surface area contributed by atoms with Crippen LogP contribution in [0.25, 0.3) is 53.2 Å². The molecule has 340 valence electrons. The number of hydrogen-bond acceptors (Lipinski definition) is 2. The summed E-state index contributed by atoms with van der Waals surface area (Å²) in [4.78, 5) is 2.58. The van der Waals surface area contributed by atoms with Crippen LogP contribution in [0.3, 0.4) is 0 Å². The molecule has 1 heterocycles. The minimum absolute atomic E-state index is 0.0863. The second-order valence-corrected chi connectivity index (χ2v) is 22.2. The Labute approximate surface area is 420 Å². The van der Waals surface area contributed by atoms with Gasteiger partial charge in [0.05, 0.1) is 11.1 Å². The Morgan fingerprint density at radius 1 is 0.380 bits per heavy atom. The third-order valence-electron chi connectivity index (χ3n) is 17.8. The molecule has 1 nitrogen and oxygen atoms in total. The van der Waals surface area contributed by atoms with E-state index in [1.165, 1.54) is 119 Å². The number of thiophene rings is 1. The minimum atomic E-state index is -0.494. The van der Waals surface area contributed by atoms with Crippen LogP contribution in [-0.2, 0) is 10.8 Å². The zero-order valence-electron chi connectivity index (χ0n) is 39.7. The lowest BCUT2D eigenvalue weighted by Crippen LogP contribution is -2.59. The van der Waals surface area contributed by atoms with Crippen LogP contribution in [0.5, 0.6) is 0 Å². The van der Waals surface area contributed by atoms with Gasteiger partial charge in [0.15, 0.2) is 0 Å². The first kappa shape index (κ1) is 41.3. The van der Waals surface area contributed by atoms with Gasteiger partial charge < -0.3 is 4.90 Å². The molecule has 0 atom stereocenters. The van der Waals surface area contributed by atoms with Crippen molar-refractivity contribution in [3.63, 3.8) is 0 Å². The van der Waals surface area contributed by atoms with Crippen LogP contribution >= 0.6 is 11.3 Å². The Bertz CT molecular complexity index is 3770. The summed E-state index contributed by atoms with van der Waals surface area (Å²) in [5.41, 5.74) is 16.7. The number of benzene rings is 10. The molecule has 0 radical (unpaired) electrons. The van der Waals surface area contributed by atoms with E-state index in [0.717, 1.165) is 17.5 Å². The molecule has 5 aliphatic carbocycles. The minimum Gasteiger partial charge on any atom is -0.310 e. The Morgan fingerprint density at radius 2 is 0.930 bits per heavy atom. The molecule has 2 heteroatoms. The summed E-state index contributed by atoms with van der Waals surface area (Å²) in [5, 5.41) is 5.16. The lowest BCUT2D eigenvalue weighted by Gasteiger charge is -2.65. The molecule has 1 spiro atoms. The fourth-order valence-electron chi connectivity index (χ4n) is 15.4. The van der Waals surface area contributed by atoms with E-state index in [-0.39, 0.29) is 5.41 Å². The van der Waals surface area contributed by atoms with E-state index in [4.69, 9.17) is 0 Å². The van der Waals surface area contributed by atoms with E-state index in [2.05, 4.69) is 241 Å². The number of anilines is 3. The maximum absolute atomic E-state index is 2.70. The highest BCUT2D eigenvalue weighted by Crippen LogP contribution is 2.70. The van der Waals surface area contributed by atoms with Crippen molar-refractivity contribution < 1.29 is 0 Å². The third kappa shape index (κ3) is 5.98. The Kier molecular flexibility index (Phi) is 9.30.